The molecule has 0 saturated carbocycles. The number of nitrogens with zero attached hydrogens (tertiary/aromatic N) is 3. The van der Waals surface area contributed by atoms with Gasteiger partial charge in [-0.1, -0.05) is 24.2 Å². The van der Waals surface area contributed by atoms with E-state index in [1.165, 1.54) is 0 Å². The molecule has 3 rings (SSSR count). The summed E-state index contributed by atoms with van der Waals surface area (Å²) in [6.45, 7) is 5.21. The largest absolute Gasteiger partial charge is 0.417 e. The molecule has 0 bridgehead atoms. The third kappa shape index (κ3) is 2.29. The highest BCUT2D eigenvalue weighted by Gasteiger charge is 2.20. The van der Waals surface area contributed by atoms with Crippen LogP contribution >= 0.6 is 11.6 Å². The standard InChI is InChI=1S/C16H14ClN3O2/c1-4-14(21)22-15-10(2)18-19(3)16(15)20-8-7-11-5-6-12(17)9-13(11)20/h4-9H,1H2,2-3H3. The van der Waals surface area contributed by atoms with Gasteiger partial charge in [0, 0.05) is 29.7 Å². The minimum Gasteiger partial charge on any atom is -0.417 e. The van der Waals surface area contributed by atoms with Crippen LogP contribution < -0.4 is 4.74 Å². The highest BCUT2D eigenvalue weighted by Crippen LogP contribution is 2.31. The van der Waals surface area contributed by atoms with E-state index in [4.69, 9.17) is 16.3 Å². The maximum atomic E-state index is 11.6. The van der Waals surface area contributed by atoms with Crippen molar-refractivity contribution < 1.29 is 9.53 Å². The first-order valence-electron chi connectivity index (χ1n) is 6.66. The number of fused-ring (bicyclic) bond motifs is 1. The van der Waals surface area contributed by atoms with E-state index >= 15 is 0 Å². The molecule has 0 amide bonds. The van der Waals surface area contributed by atoms with Crippen LogP contribution in [0.2, 0.25) is 5.02 Å². The molecule has 1 aromatic carbocycles. The summed E-state index contributed by atoms with van der Waals surface area (Å²) in [5.74, 6) is 0.543. The van der Waals surface area contributed by atoms with Gasteiger partial charge in [-0.05, 0) is 25.1 Å². The molecule has 3 aromatic rings. The van der Waals surface area contributed by atoms with Crippen molar-refractivity contribution in [2.24, 2.45) is 7.05 Å². The number of hydrogen-bond donors (Lipinski definition) is 0. The molecule has 0 fully saturated rings. The Kier molecular flexibility index (Phi) is 3.50. The van der Waals surface area contributed by atoms with Gasteiger partial charge in [-0.2, -0.15) is 5.10 Å². The number of hydrogen-bond acceptors (Lipinski definition) is 3. The second kappa shape index (κ2) is 5.35. The van der Waals surface area contributed by atoms with Gasteiger partial charge in [-0.15, -0.1) is 0 Å². The van der Waals surface area contributed by atoms with Crippen molar-refractivity contribution in [1.82, 2.24) is 14.3 Å². The molecule has 112 valence electrons. The fraction of sp³-hybridized carbons (Fsp3) is 0.125. The maximum absolute atomic E-state index is 11.6. The second-order valence-corrected chi connectivity index (χ2v) is 5.31. The van der Waals surface area contributed by atoms with E-state index in [-0.39, 0.29) is 0 Å². The number of carbonyl (C=O) groups is 1. The molecule has 22 heavy (non-hydrogen) atoms. The first-order valence-corrected chi connectivity index (χ1v) is 7.04. The van der Waals surface area contributed by atoms with E-state index in [0.717, 1.165) is 17.0 Å². The zero-order chi connectivity index (χ0) is 15.9. The molecule has 0 radical (unpaired) electrons. The molecule has 0 unspecified atom stereocenters. The topological polar surface area (TPSA) is 49.0 Å². The molecule has 5 nitrogen and oxygen atoms in total. The maximum Gasteiger partial charge on any atom is 0.335 e. The number of carbonyl (C=O) groups excluding carboxylic acids is 1. The molecule has 6 heteroatoms. The normalized spacial score (nSPS) is 10.9. The van der Waals surface area contributed by atoms with Crippen molar-refractivity contribution in [2.75, 3.05) is 0 Å². The van der Waals surface area contributed by atoms with Gasteiger partial charge in [0.2, 0.25) is 0 Å². The lowest BCUT2D eigenvalue weighted by Gasteiger charge is -2.09. The molecule has 2 aromatic heterocycles. The van der Waals surface area contributed by atoms with E-state index < -0.39 is 5.97 Å². The number of aryl methyl sites for hydroxylation is 2. The monoisotopic (exact) mass is 315 g/mol. The number of aromatic nitrogens is 3. The fourth-order valence-electron chi connectivity index (χ4n) is 2.44. The molecular weight excluding hydrogens is 302 g/mol. The van der Waals surface area contributed by atoms with Gasteiger partial charge in [0.05, 0.1) is 5.52 Å². The van der Waals surface area contributed by atoms with Gasteiger partial charge in [-0.25, -0.2) is 9.48 Å². The third-order valence-corrected chi connectivity index (χ3v) is 3.63. The lowest BCUT2D eigenvalue weighted by atomic mass is 10.2. The number of benzene rings is 1. The van der Waals surface area contributed by atoms with E-state index in [1.807, 2.05) is 35.0 Å². The molecule has 0 aliphatic carbocycles. The highest BCUT2D eigenvalue weighted by atomic mass is 35.5. The number of halogens is 1. The Labute approximate surface area is 132 Å². The predicted octanol–water partition coefficient (Wildman–Crippen LogP) is 3.42. The molecule has 0 aliphatic heterocycles. The van der Waals surface area contributed by atoms with Crippen LogP contribution in [0.5, 0.6) is 5.75 Å². The van der Waals surface area contributed by atoms with E-state index in [9.17, 15) is 4.79 Å². The van der Waals surface area contributed by atoms with E-state index in [0.29, 0.717) is 22.3 Å². The predicted molar refractivity (Wildman–Crippen MR) is 85.6 cm³/mol. The molecule has 2 heterocycles. The number of ether oxygens (including phenoxy) is 1. The quantitative estimate of drug-likeness (QED) is 0.549. The van der Waals surface area contributed by atoms with Crippen molar-refractivity contribution >= 4 is 28.5 Å². The highest BCUT2D eigenvalue weighted by molar-refractivity contribution is 6.31. The summed E-state index contributed by atoms with van der Waals surface area (Å²) in [5.41, 5.74) is 1.53. The first kappa shape index (κ1) is 14.4. The summed E-state index contributed by atoms with van der Waals surface area (Å²) in [6, 6.07) is 7.60. The van der Waals surface area contributed by atoms with Crippen LogP contribution in [-0.4, -0.2) is 20.3 Å². The van der Waals surface area contributed by atoms with E-state index in [2.05, 4.69) is 11.7 Å². The van der Waals surface area contributed by atoms with Crippen molar-refractivity contribution in [3.05, 3.63) is 53.8 Å². The van der Waals surface area contributed by atoms with Crippen LogP contribution in [-0.2, 0) is 11.8 Å². The lowest BCUT2D eigenvalue weighted by Crippen LogP contribution is -2.08. The Balaban J connectivity index is 2.24. The number of rotatable bonds is 3. The van der Waals surface area contributed by atoms with Crippen LogP contribution in [0.1, 0.15) is 5.69 Å². The molecular formula is C16H14ClN3O2. The van der Waals surface area contributed by atoms with Crippen LogP contribution in [0.15, 0.2) is 43.1 Å². The van der Waals surface area contributed by atoms with Crippen LogP contribution in [0.25, 0.3) is 16.7 Å². The molecule has 0 spiro atoms. The summed E-state index contributed by atoms with van der Waals surface area (Å²) in [5, 5.41) is 6.00. The minimum absolute atomic E-state index is 0.407. The first-order chi connectivity index (χ1) is 10.5. The number of esters is 1. The van der Waals surface area contributed by atoms with Gasteiger partial charge in [-0.3, -0.25) is 4.57 Å². The zero-order valence-corrected chi connectivity index (χ0v) is 13.0. The van der Waals surface area contributed by atoms with Crippen LogP contribution in [0, 0.1) is 6.92 Å². The Hall–Kier alpha value is -2.53. The van der Waals surface area contributed by atoms with Gasteiger partial charge in [0.25, 0.3) is 0 Å². The van der Waals surface area contributed by atoms with E-state index in [1.54, 1.807) is 18.7 Å². The molecule has 0 atom stereocenters. The Bertz CT molecular complexity index is 892. The van der Waals surface area contributed by atoms with Crippen molar-refractivity contribution in [1.29, 1.82) is 0 Å². The van der Waals surface area contributed by atoms with Gasteiger partial charge < -0.3 is 4.74 Å². The summed E-state index contributed by atoms with van der Waals surface area (Å²) in [7, 11) is 1.80. The molecule has 0 aliphatic rings. The van der Waals surface area contributed by atoms with Crippen molar-refractivity contribution in [3.63, 3.8) is 0 Å². The van der Waals surface area contributed by atoms with Gasteiger partial charge in [0.1, 0.15) is 5.69 Å². The Morgan fingerprint density at radius 2 is 2.18 bits per heavy atom. The Morgan fingerprint density at radius 3 is 2.91 bits per heavy atom. The van der Waals surface area contributed by atoms with Crippen LogP contribution in [0.4, 0.5) is 0 Å². The average molecular weight is 316 g/mol. The average Bonchev–Trinajstić information content (AvgIpc) is 3.00. The smallest absolute Gasteiger partial charge is 0.335 e. The molecule has 0 saturated heterocycles. The van der Waals surface area contributed by atoms with Crippen molar-refractivity contribution in [2.45, 2.75) is 6.92 Å². The molecule has 0 N–H and O–H groups in total. The summed E-state index contributed by atoms with van der Waals surface area (Å²) in [6.07, 6.45) is 3.02. The van der Waals surface area contributed by atoms with Gasteiger partial charge >= 0.3 is 5.97 Å². The van der Waals surface area contributed by atoms with Gasteiger partial charge in [0.15, 0.2) is 11.6 Å². The summed E-state index contributed by atoms with van der Waals surface area (Å²) < 4.78 is 8.92. The van der Waals surface area contributed by atoms with Crippen LogP contribution in [0.3, 0.4) is 0 Å². The second-order valence-electron chi connectivity index (χ2n) is 4.88. The fourth-order valence-corrected chi connectivity index (χ4v) is 2.61. The lowest BCUT2D eigenvalue weighted by molar-refractivity contribution is -0.129. The minimum atomic E-state index is -0.521. The Morgan fingerprint density at radius 1 is 1.41 bits per heavy atom. The summed E-state index contributed by atoms with van der Waals surface area (Å²) in [4.78, 5) is 11.6. The summed E-state index contributed by atoms with van der Waals surface area (Å²) >= 11 is 6.09. The van der Waals surface area contributed by atoms with Crippen molar-refractivity contribution in [3.8, 4) is 11.6 Å². The third-order valence-electron chi connectivity index (χ3n) is 3.39. The SMILES string of the molecule is C=CC(=O)Oc1c(C)nn(C)c1-n1ccc2ccc(Cl)cc21. The zero-order valence-electron chi connectivity index (χ0n) is 12.2.